The maximum atomic E-state index is 3.23. The second-order valence-corrected chi connectivity index (χ2v) is 5.30. The minimum Gasteiger partial charge on any atom is -0.388 e. The predicted octanol–water partition coefficient (Wildman–Crippen LogP) is 4.56. The lowest BCUT2D eigenvalue weighted by Crippen LogP contribution is -1.92. The SMILES string of the molecule is CNc1ccc(C#Cc2ccc(C(C)C)c(C)c2)cc1. The first-order chi connectivity index (χ1) is 9.60. The smallest absolute Gasteiger partial charge is 0.0338 e. The van der Waals surface area contributed by atoms with Crippen molar-refractivity contribution in [1.82, 2.24) is 0 Å². The second-order valence-electron chi connectivity index (χ2n) is 5.30. The van der Waals surface area contributed by atoms with E-state index in [0.29, 0.717) is 5.92 Å². The number of benzene rings is 2. The average molecular weight is 263 g/mol. The van der Waals surface area contributed by atoms with E-state index in [-0.39, 0.29) is 0 Å². The van der Waals surface area contributed by atoms with Crippen molar-refractivity contribution in [3.63, 3.8) is 0 Å². The molecule has 1 heteroatoms. The fraction of sp³-hybridized carbons (Fsp3) is 0.263. The van der Waals surface area contributed by atoms with Gasteiger partial charge in [-0.05, 0) is 60.4 Å². The molecule has 0 spiro atoms. The Morgan fingerprint density at radius 1 is 0.900 bits per heavy atom. The van der Waals surface area contributed by atoms with Gasteiger partial charge in [0.1, 0.15) is 0 Å². The quantitative estimate of drug-likeness (QED) is 0.783. The Hall–Kier alpha value is -2.20. The van der Waals surface area contributed by atoms with Crippen molar-refractivity contribution in [3.05, 3.63) is 64.7 Å². The van der Waals surface area contributed by atoms with Crippen molar-refractivity contribution in [3.8, 4) is 11.8 Å². The number of hydrogen-bond donors (Lipinski definition) is 1. The molecule has 0 heterocycles. The Bertz CT molecular complexity index is 640. The summed E-state index contributed by atoms with van der Waals surface area (Å²) in [6.45, 7) is 6.59. The topological polar surface area (TPSA) is 12.0 Å². The Kier molecular flexibility index (Phi) is 4.48. The van der Waals surface area contributed by atoms with Gasteiger partial charge in [0.15, 0.2) is 0 Å². The zero-order valence-corrected chi connectivity index (χ0v) is 12.6. The van der Waals surface area contributed by atoms with Gasteiger partial charge in [0.25, 0.3) is 0 Å². The summed E-state index contributed by atoms with van der Waals surface area (Å²) in [6.07, 6.45) is 0. The number of nitrogens with one attached hydrogen (secondary N) is 1. The van der Waals surface area contributed by atoms with Crippen LogP contribution < -0.4 is 5.32 Å². The van der Waals surface area contributed by atoms with E-state index in [9.17, 15) is 0 Å². The lowest BCUT2D eigenvalue weighted by atomic mass is 9.96. The largest absolute Gasteiger partial charge is 0.388 e. The normalized spacial score (nSPS) is 10.1. The van der Waals surface area contributed by atoms with Gasteiger partial charge in [-0.3, -0.25) is 0 Å². The van der Waals surface area contributed by atoms with Gasteiger partial charge in [-0.15, -0.1) is 0 Å². The molecule has 2 rings (SSSR count). The molecule has 0 aliphatic rings. The summed E-state index contributed by atoms with van der Waals surface area (Å²) in [6, 6.07) is 14.6. The molecule has 20 heavy (non-hydrogen) atoms. The molecule has 2 aromatic rings. The maximum absolute atomic E-state index is 3.23. The Morgan fingerprint density at radius 3 is 2.05 bits per heavy atom. The fourth-order valence-electron chi connectivity index (χ4n) is 2.27. The molecule has 0 atom stereocenters. The van der Waals surface area contributed by atoms with Gasteiger partial charge in [-0.1, -0.05) is 31.8 Å². The Morgan fingerprint density at radius 2 is 1.50 bits per heavy atom. The van der Waals surface area contributed by atoms with Crippen molar-refractivity contribution in [1.29, 1.82) is 0 Å². The van der Waals surface area contributed by atoms with Crippen LogP contribution >= 0.6 is 0 Å². The molecule has 1 nitrogen and oxygen atoms in total. The molecule has 0 fully saturated rings. The second kappa shape index (κ2) is 6.30. The zero-order chi connectivity index (χ0) is 14.5. The summed E-state index contributed by atoms with van der Waals surface area (Å²) < 4.78 is 0. The van der Waals surface area contributed by atoms with E-state index in [2.05, 4.69) is 56.1 Å². The van der Waals surface area contributed by atoms with Crippen molar-refractivity contribution >= 4 is 5.69 Å². The molecule has 0 aliphatic carbocycles. The van der Waals surface area contributed by atoms with Crippen LogP contribution in [0.4, 0.5) is 5.69 Å². The minimum absolute atomic E-state index is 0.561. The molecule has 0 aromatic heterocycles. The standard InChI is InChI=1S/C19H21N/c1-14(2)19-12-9-17(13-15(19)3)6-5-16-7-10-18(20-4)11-8-16/h7-14,20H,1-4H3. The predicted molar refractivity (Wildman–Crippen MR) is 87.2 cm³/mol. The van der Waals surface area contributed by atoms with Gasteiger partial charge in [0, 0.05) is 23.9 Å². The van der Waals surface area contributed by atoms with Gasteiger partial charge < -0.3 is 5.32 Å². The lowest BCUT2D eigenvalue weighted by Gasteiger charge is -2.09. The minimum atomic E-state index is 0.561. The van der Waals surface area contributed by atoms with Crippen LogP contribution in [-0.2, 0) is 0 Å². The van der Waals surface area contributed by atoms with Crippen LogP contribution in [-0.4, -0.2) is 7.05 Å². The molecule has 1 N–H and O–H groups in total. The molecular weight excluding hydrogens is 242 g/mol. The van der Waals surface area contributed by atoms with Crippen molar-refractivity contribution in [2.45, 2.75) is 26.7 Å². The summed E-state index contributed by atoms with van der Waals surface area (Å²) in [4.78, 5) is 0. The monoisotopic (exact) mass is 263 g/mol. The van der Waals surface area contributed by atoms with Crippen molar-refractivity contribution in [2.24, 2.45) is 0 Å². The highest BCUT2D eigenvalue weighted by Crippen LogP contribution is 2.19. The maximum Gasteiger partial charge on any atom is 0.0338 e. The van der Waals surface area contributed by atoms with Crippen LogP contribution in [0, 0.1) is 18.8 Å². The third-order valence-corrected chi connectivity index (χ3v) is 3.42. The highest BCUT2D eigenvalue weighted by Gasteiger charge is 2.02. The molecule has 0 unspecified atom stereocenters. The van der Waals surface area contributed by atoms with Crippen LogP contribution in [0.1, 0.15) is 42.0 Å². The lowest BCUT2D eigenvalue weighted by molar-refractivity contribution is 0.856. The van der Waals surface area contributed by atoms with E-state index in [1.165, 1.54) is 11.1 Å². The molecular formula is C19H21N. The molecule has 0 aliphatic heterocycles. The first-order valence-corrected chi connectivity index (χ1v) is 7.00. The van der Waals surface area contributed by atoms with E-state index in [1.807, 2.05) is 31.3 Å². The Labute approximate surface area is 122 Å². The van der Waals surface area contributed by atoms with Crippen LogP contribution in [0.25, 0.3) is 0 Å². The third-order valence-electron chi connectivity index (χ3n) is 3.42. The van der Waals surface area contributed by atoms with E-state index < -0.39 is 0 Å². The molecule has 102 valence electrons. The van der Waals surface area contributed by atoms with Gasteiger partial charge in [-0.25, -0.2) is 0 Å². The third kappa shape index (κ3) is 3.42. The first-order valence-electron chi connectivity index (χ1n) is 7.00. The summed E-state index contributed by atoms with van der Waals surface area (Å²) in [7, 11) is 1.92. The molecule has 0 saturated carbocycles. The number of hydrogen-bond acceptors (Lipinski definition) is 1. The molecule has 0 bridgehead atoms. The fourth-order valence-corrected chi connectivity index (χ4v) is 2.27. The molecule has 0 amide bonds. The van der Waals surface area contributed by atoms with Crippen LogP contribution in [0.2, 0.25) is 0 Å². The van der Waals surface area contributed by atoms with Gasteiger partial charge in [0.2, 0.25) is 0 Å². The number of rotatable bonds is 2. The highest BCUT2D eigenvalue weighted by molar-refractivity contribution is 5.50. The zero-order valence-electron chi connectivity index (χ0n) is 12.6. The van der Waals surface area contributed by atoms with Crippen molar-refractivity contribution in [2.75, 3.05) is 12.4 Å². The number of anilines is 1. The summed E-state index contributed by atoms with van der Waals surface area (Å²) in [5.41, 5.74) is 5.93. The van der Waals surface area contributed by atoms with Crippen LogP contribution in [0.15, 0.2) is 42.5 Å². The first kappa shape index (κ1) is 14.2. The van der Waals surface area contributed by atoms with Gasteiger partial charge in [0.05, 0.1) is 0 Å². The van der Waals surface area contributed by atoms with Crippen LogP contribution in [0.5, 0.6) is 0 Å². The molecule has 2 aromatic carbocycles. The summed E-state index contributed by atoms with van der Waals surface area (Å²) in [5, 5.41) is 3.10. The average Bonchev–Trinajstić information content (AvgIpc) is 2.45. The Balaban J connectivity index is 2.21. The molecule has 0 saturated heterocycles. The van der Waals surface area contributed by atoms with Crippen LogP contribution in [0.3, 0.4) is 0 Å². The van der Waals surface area contributed by atoms with Crippen molar-refractivity contribution < 1.29 is 0 Å². The summed E-state index contributed by atoms with van der Waals surface area (Å²) in [5.74, 6) is 7.01. The van der Waals surface area contributed by atoms with E-state index in [0.717, 1.165) is 16.8 Å². The highest BCUT2D eigenvalue weighted by atomic mass is 14.8. The van der Waals surface area contributed by atoms with E-state index in [4.69, 9.17) is 0 Å². The van der Waals surface area contributed by atoms with E-state index in [1.54, 1.807) is 0 Å². The van der Waals surface area contributed by atoms with Gasteiger partial charge in [-0.2, -0.15) is 0 Å². The van der Waals surface area contributed by atoms with E-state index >= 15 is 0 Å². The number of aryl methyl sites for hydroxylation is 1. The summed E-state index contributed by atoms with van der Waals surface area (Å²) >= 11 is 0. The van der Waals surface area contributed by atoms with Gasteiger partial charge >= 0.3 is 0 Å². The molecule has 0 radical (unpaired) electrons.